The zero-order valence-corrected chi connectivity index (χ0v) is 18.1. The second kappa shape index (κ2) is 7.99. The van der Waals surface area contributed by atoms with Gasteiger partial charge in [0.15, 0.2) is 0 Å². The van der Waals surface area contributed by atoms with Crippen LogP contribution in [0.15, 0.2) is 72.3 Å². The third kappa shape index (κ3) is 3.48. The lowest BCUT2D eigenvalue weighted by molar-refractivity contribution is -0.142. The minimum Gasteiger partial charge on any atom is -0.462 e. The van der Waals surface area contributed by atoms with Crippen molar-refractivity contribution in [3.05, 3.63) is 72.3 Å². The molecular weight excluding hydrogens is 386 g/mol. The van der Waals surface area contributed by atoms with Crippen LogP contribution in [0.2, 0.25) is 0 Å². The first-order chi connectivity index (χ1) is 15.0. The zero-order valence-electron chi connectivity index (χ0n) is 18.1. The van der Waals surface area contributed by atoms with Crippen LogP contribution in [0.1, 0.15) is 33.1 Å². The largest absolute Gasteiger partial charge is 0.462 e. The Morgan fingerprint density at radius 2 is 1.55 bits per heavy atom. The van der Waals surface area contributed by atoms with Crippen molar-refractivity contribution in [3.8, 4) is 0 Å². The highest BCUT2D eigenvalue weighted by atomic mass is 16.6. The number of rotatable bonds is 3. The number of hydrogen-bond donors (Lipinski definition) is 0. The molecule has 0 unspecified atom stereocenters. The third-order valence-electron chi connectivity index (χ3n) is 7.34. The summed E-state index contributed by atoms with van der Waals surface area (Å²) in [5, 5.41) is 0. The van der Waals surface area contributed by atoms with Gasteiger partial charge in [0.2, 0.25) is 5.91 Å². The van der Waals surface area contributed by atoms with Gasteiger partial charge in [-0.3, -0.25) is 14.5 Å². The molecule has 4 nitrogen and oxygen atoms in total. The second-order valence-corrected chi connectivity index (χ2v) is 9.35. The molecule has 2 aromatic carbocycles. The van der Waals surface area contributed by atoms with E-state index in [0.29, 0.717) is 5.92 Å². The molecule has 0 N–H and O–H groups in total. The Labute approximate surface area is 183 Å². The summed E-state index contributed by atoms with van der Waals surface area (Å²) in [6.45, 7) is 4.21. The number of carbonyl (C=O) groups excluding carboxylic acids is 2. The van der Waals surface area contributed by atoms with Crippen LogP contribution in [0.25, 0.3) is 0 Å². The van der Waals surface area contributed by atoms with Crippen molar-refractivity contribution in [2.45, 2.75) is 39.2 Å². The molecule has 5 rings (SSSR count). The molecule has 2 fully saturated rings. The van der Waals surface area contributed by atoms with Crippen molar-refractivity contribution in [2.24, 2.45) is 29.6 Å². The fraction of sp³-hybridized carbons (Fsp3) is 0.407. The van der Waals surface area contributed by atoms with Gasteiger partial charge in [-0.1, -0.05) is 55.0 Å². The standard InChI is InChI=1S/C27H29NO3/c1-17-13-14-22-19(15-17)16-23-24(18(2)31-27(23)30)25(22)26(29)28(20-9-5-3-6-10-20)21-11-7-4-8-12-21/h3-12,16-18,22-25H,13-15H2,1-2H3/t17-,18-,22-,23+,24-,25+/m1/s1. The second-order valence-electron chi connectivity index (χ2n) is 9.35. The van der Waals surface area contributed by atoms with Crippen molar-refractivity contribution < 1.29 is 14.3 Å². The Morgan fingerprint density at radius 1 is 0.935 bits per heavy atom. The van der Waals surface area contributed by atoms with Crippen LogP contribution in [0.3, 0.4) is 0 Å². The summed E-state index contributed by atoms with van der Waals surface area (Å²) in [7, 11) is 0. The molecule has 0 aromatic heterocycles. The fourth-order valence-corrected chi connectivity index (χ4v) is 5.93. The molecule has 0 spiro atoms. The Balaban J connectivity index is 1.61. The van der Waals surface area contributed by atoms with E-state index in [1.54, 1.807) is 0 Å². The summed E-state index contributed by atoms with van der Waals surface area (Å²) in [5.41, 5.74) is 2.99. The lowest BCUT2D eigenvalue weighted by atomic mass is 9.61. The average Bonchev–Trinajstić information content (AvgIpc) is 3.06. The lowest BCUT2D eigenvalue weighted by Gasteiger charge is -2.44. The van der Waals surface area contributed by atoms with Crippen molar-refractivity contribution in [2.75, 3.05) is 4.90 Å². The van der Waals surface area contributed by atoms with E-state index >= 15 is 0 Å². The van der Waals surface area contributed by atoms with Crippen LogP contribution in [-0.2, 0) is 14.3 Å². The summed E-state index contributed by atoms with van der Waals surface area (Å²) in [6, 6.07) is 19.7. The predicted octanol–water partition coefficient (Wildman–Crippen LogP) is 5.52. The monoisotopic (exact) mass is 415 g/mol. The van der Waals surface area contributed by atoms with Gasteiger partial charge in [0.05, 0.1) is 11.8 Å². The summed E-state index contributed by atoms with van der Waals surface area (Å²) in [4.78, 5) is 28.9. The molecule has 3 aliphatic rings. The highest BCUT2D eigenvalue weighted by molar-refractivity contribution is 6.03. The smallest absolute Gasteiger partial charge is 0.313 e. The minimum atomic E-state index is -0.311. The number of ether oxygens (including phenoxy) is 1. The van der Waals surface area contributed by atoms with Gasteiger partial charge in [-0.2, -0.15) is 0 Å². The van der Waals surface area contributed by atoms with Crippen LogP contribution < -0.4 is 4.90 Å². The zero-order chi connectivity index (χ0) is 21.5. The topological polar surface area (TPSA) is 46.6 Å². The maximum atomic E-state index is 14.4. The van der Waals surface area contributed by atoms with E-state index in [0.717, 1.165) is 30.6 Å². The molecular formula is C27H29NO3. The number of allylic oxidation sites excluding steroid dienone is 1. The molecule has 160 valence electrons. The molecule has 2 aromatic rings. The van der Waals surface area contributed by atoms with E-state index < -0.39 is 0 Å². The van der Waals surface area contributed by atoms with Crippen molar-refractivity contribution in [1.29, 1.82) is 0 Å². The number of anilines is 2. The number of benzene rings is 2. The molecule has 1 heterocycles. The molecule has 31 heavy (non-hydrogen) atoms. The first kappa shape index (κ1) is 20.0. The first-order valence-electron chi connectivity index (χ1n) is 11.4. The number of para-hydroxylation sites is 2. The Hall–Kier alpha value is -2.88. The quantitative estimate of drug-likeness (QED) is 0.490. The van der Waals surface area contributed by atoms with Gasteiger partial charge < -0.3 is 4.74 Å². The molecule has 0 bridgehead atoms. The lowest BCUT2D eigenvalue weighted by Crippen LogP contribution is -2.47. The van der Waals surface area contributed by atoms with E-state index in [-0.39, 0.29) is 41.7 Å². The van der Waals surface area contributed by atoms with E-state index in [2.05, 4.69) is 13.0 Å². The number of hydrogen-bond acceptors (Lipinski definition) is 3. The van der Waals surface area contributed by atoms with Crippen LogP contribution in [0.4, 0.5) is 11.4 Å². The summed E-state index contributed by atoms with van der Waals surface area (Å²) in [6.07, 6.45) is 4.97. The average molecular weight is 416 g/mol. The van der Waals surface area contributed by atoms with E-state index in [4.69, 9.17) is 4.74 Å². The molecule has 0 radical (unpaired) electrons. The summed E-state index contributed by atoms with van der Waals surface area (Å²) >= 11 is 0. The SMILES string of the molecule is C[C@@H]1CC[C@@H]2C(=C[C@@H]3C(=O)O[C@H](C)[C@H]3[C@H]2C(=O)N(c2ccccc2)c2ccccc2)C1. The van der Waals surface area contributed by atoms with Crippen LogP contribution in [-0.4, -0.2) is 18.0 Å². The van der Waals surface area contributed by atoms with Gasteiger partial charge in [0.1, 0.15) is 6.10 Å². The van der Waals surface area contributed by atoms with Gasteiger partial charge in [-0.05, 0) is 62.3 Å². The van der Waals surface area contributed by atoms with Crippen LogP contribution in [0, 0.1) is 29.6 Å². The maximum absolute atomic E-state index is 14.4. The Bertz CT molecular complexity index is 960. The predicted molar refractivity (Wildman–Crippen MR) is 121 cm³/mol. The number of cyclic esters (lactones) is 1. The van der Waals surface area contributed by atoms with Gasteiger partial charge in [0, 0.05) is 17.3 Å². The summed E-state index contributed by atoms with van der Waals surface area (Å²) < 4.78 is 5.66. The fourth-order valence-electron chi connectivity index (χ4n) is 5.93. The van der Waals surface area contributed by atoms with E-state index in [1.807, 2.05) is 72.5 Å². The van der Waals surface area contributed by atoms with E-state index in [9.17, 15) is 9.59 Å². The molecule has 1 saturated carbocycles. The number of amides is 1. The summed E-state index contributed by atoms with van der Waals surface area (Å²) in [5.74, 6) is -0.0284. The van der Waals surface area contributed by atoms with Crippen LogP contribution >= 0.6 is 0 Å². The molecule has 1 amide bonds. The maximum Gasteiger partial charge on any atom is 0.313 e. The normalized spacial score (nSPS) is 31.8. The molecule has 2 aliphatic carbocycles. The van der Waals surface area contributed by atoms with Gasteiger partial charge in [-0.25, -0.2) is 0 Å². The third-order valence-corrected chi connectivity index (χ3v) is 7.34. The van der Waals surface area contributed by atoms with Gasteiger partial charge >= 0.3 is 5.97 Å². The van der Waals surface area contributed by atoms with Gasteiger partial charge in [0.25, 0.3) is 0 Å². The number of carbonyl (C=O) groups is 2. The van der Waals surface area contributed by atoms with Gasteiger partial charge in [-0.15, -0.1) is 0 Å². The Morgan fingerprint density at radius 3 is 2.16 bits per heavy atom. The first-order valence-corrected chi connectivity index (χ1v) is 11.4. The van der Waals surface area contributed by atoms with Crippen molar-refractivity contribution >= 4 is 23.3 Å². The number of fused-ring (bicyclic) bond motifs is 2. The van der Waals surface area contributed by atoms with Crippen LogP contribution in [0.5, 0.6) is 0 Å². The molecule has 6 atom stereocenters. The minimum absolute atomic E-state index is 0.0719. The highest BCUT2D eigenvalue weighted by Crippen LogP contribution is 2.52. The number of nitrogens with zero attached hydrogens (tertiary/aromatic N) is 1. The van der Waals surface area contributed by atoms with Crippen molar-refractivity contribution in [1.82, 2.24) is 0 Å². The molecule has 1 aliphatic heterocycles. The Kier molecular flexibility index (Phi) is 5.17. The van der Waals surface area contributed by atoms with E-state index in [1.165, 1.54) is 5.57 Å². The highest BCUT2D eigenvalue weighted by Gasteiger charge is 2.55. The van der Waals surface area contributed by atoms with Crippen molar-refractivity contribution in [3.63, 3.8) is 0 Å². The molecule has 4 heteroatoms. The molecule has 1 saturated heterocycles. The number of esters is 1.